The van der Waals surface area contributed by atoms with E-state index in [2.05, 4.69) is 4.98 Å². The minimum absolute atomic E-state index is 0.0859. The van der Waals surface area contributed by atoms with Crippen molar-refractivity contribution in [3.8, 4) is 0 Å². The number of aromatic nitrogens is 1. The molecule has 0 radical (unpaired) electrons. The third-order valence-electron chi connectivity index (χ3n) is 4.24. The van der Waals surface area contributed by atoms with Crippen LogP contribution in [0.4, 0.5) is 4.39 Å². The molecule has 24 heavy (non-hydrogen) atoms. The first kappa shape index (κ1) is 16.7. The largest absolute Gasteiger partial charge is 0.361 e. The van der Waals surface area contributed by atoms with Gasteiger partial charge in [-0.3, -0.25) is 4.55 Å². The summed E-state index contributed by atoms with van der Waals surface area (Å²) in [6.45, 7) is 1.91. The highest BCUT2D eigenvalue weighted by Gasteiger charge is 2.12. The van der Waals surface area contributed by atoms with Crippen LogP contribution in [-0.2, 0) is 23.0 Å². The molecule has 2 aromatic carbocycles. The Morgan fingerprint density at radius 2 is 1.83 bits per heavy atom. The number of aryl methyl sites for hydroxylation is 3. The summed E-state index contributed by atoms with van der Waals surface area (Å²) in [6.07, 6.45) is 4.10. The fourth-order valence-electron chi connectivity index (χ4n) is 2.90. The normalized spacial score (nSPS) is 12.0. The van der Waals surface area contributed by atoms with Crippen LogP contribution in [0.2, 0.25) is 0 Å². The SMILES string of the molecule is Cc1ccc(S(=O)(=O)O)cc1CCCc1c[nH]c2ccc(F)cc12. The van der Waals surface area contributed by atoms with Crippen molar-refractivity contribution in [2.24, 2.45) is 0 Å². The zero-order chi connectivity index (χ0) is 17.3. The van der Waals surface area contributed by atoms with Crippen LogP contribution in [0, 0.1) is 12.7 Å². The quantitative estimate of drug-likeness (QED) is 0.684. The minimum Gasteiger partial charge on any atom is -0.361 e. The van der Waals surface area contributed by atoms with E-state index in [0.29, 0.717) is 6.42 Å². The molecule has 0 amide bonds. The summed E-state index contributed by atoms with van der Waals surface area (Å²) in [7, 11) is -4.19. The fraction of sp³-hybridized carbons (Fsp3) is 0.222. The van der Waals surface area contributed by atoms with Gasteiger partial charge in [0.1, 0.15) is 5.82 Å². The maximum absolute atomic E-state index is 13.4. The number of H-pyrrole nitrogens is 1. The molecule has 0 aliphatic heterocycles. The molecule has 0 spiro atoms. The first-order chi connectivity index (χ1) is 11.3. The van der Waals surface area contributed by atoms with Gasteiger partial charge in [0.15, 0.2) is 0 Å². The fourth-order valence-corrected chi connectivity index (χ4v) is 3.44. The van der Waals surface area contributed by atoms with Gasteiger partial charge in [-0.25, -0.2) is 4.39 Å². The Morgan fingerprint density at radius 1 is 1.08 bits per heavy atom. The maximum atomic E-state index is 13.4. The van der Waals surface area contributed by atoms with E-state index in [1.165, 1.54) is 24.3 Å². The summed E-state index contributed by atoms with van der Waals surface area (Å²) in [6, 6.07) is 9.27. The van der Waals surface area contributed by atoms with E-state index < -0.39 is 10.1 Å². The van der Waals surface area contributed by atoms with Gasteiger partial charge in [-0.1, -0.05) is 6.07 Å². The third kappa shape index (κ3) is 3.49. The van der Waals surface area contributed by atoms with Gasteiger partial charge in [-0.2, -0.15) is 8.42 Å². The highest BCUT2D eigenvalue weighted by atomic mass is 32.2. The predicted molar refractivity (Wildman–Crippen MR) is 91.3 cm³/mol. The molecule has 0 aliphatic rings. The number of nitrogens with one attached hydrogen (secondary N) is 1. The molecule has 3 aromatic rings. The van der Waals surface area contributed by atoms with Crippen molar-refractivity contribution < 1.29 is 17.4 Å². The average molecular weight is 347 g/mol. The van der Waals surface area contributed by atoms with Gasteiger partial charge in [0.2, 0.25) is 0 Å². The molecule has 0 saturated carbocycles. The monoisotopic (exact) mass is 347 g/mol. The number of rotatable bonds is 5. The molecule has 4 nitrogen and oxygen atoms in total. The molecule has 2 N–H and O–H groups in total. The Morgan fingerprint density at radius 3 is 2.58 bits per heavy atom. The highest BCUT2D eigenvalue weighted by molar-refractivity contribution is 7.85. The Labute approximate surface area is 140 Å². The van der Waals surface area contributed by atoms with Crippen molar-refractivity contribution >= 4 is 21.0 Å². The summed E-state index contributed by atoms with van der Waals surface area (Å²) in [5.74, 6) is -0.264. The van der Waals surface area contributed by atoms with E-state index in [9.17, 15) is 12.8 Å². The molecule has 3 rings (SSSR count). The topological polar surface area (TPSA) is 70.2 Å². The summed E-state index contributed by atoms with van der Waals surface area (Å²) in [5, 5.41) is 0.874. The van der Waals surface area contributed by atoms with Gasteiger partial charge in [-0.15, -0.1) is 0 Å². The molecular weight excluding hydrogens is 329 g/mol. The zero-order valence-electron chi connectivity index (χ0n) is 13.2. The van der Waals surface area contributed by atoms with Crippen molar-refractivity contribution in [3.63, 3.8) is 0 Å². The molecular formula is C18H18FNO3S. The smallest absolute Gasteiger partial charge is 0.294 e. The second-order valence-electron chi connectivity index (χ2n) is 5.92. The van der Waals surface area contributed by atoms with E-state index in [1.807, 2.05) is 13.1 Å². The van der Waals surface area contributed by atoms with Gasteiger partial charge >= 0.3 is 0 Å². The second-order valence-corrected chi connectivity index (χ2v) is 7.34. The summed E-state index contributed by atoms with van der Waals surface area (Å²) >= 11 is 0. The van der Waals surface area contributed by atoms with Crippen molar-refractivity contribution in [3.05, 3.63) is 65.1 Å². The lowest BCUT2D eigenvalue weighted by Gasteiger charge is -2.07. The Hall–Kier alpha value is -2.18. The van der Waals surface area contributed by atoms with Gasteiger partial charge in [0.05, 0.1) is 4.90 Å². The molecule has 0 saturated heterocycles. The van der Waals surface area contributed by atoms with E-state index in [1.54, 1.807) is 12.1 Å². The van der Waals surface area contributed by atoms with Crippen molar-refractivity contribution in [1.29, 1.82) is 0 Å². The molecule has 0 bridgehead atoms. The van der Waals surface area contributed by atoms with Crippen LogP contribution in [0.3, 0.4) is 0 Å². The van der Waals surface area contributed by atoms with Crippen LogP contribution >= 0.6 is 0 Å². The molecule has 1 heterocycles. The average Bonchev–Trinajstić information content (AvgIpc) is 2.90. The van der Waals surface area contributed by atoms with Crippen molar-refractivity contribution in [2.45, 2.75) is 31.1 Å². The van der Waals surface area contributed by atoms with E-state index in [-0.39, 0.29) is 10.7 Å². The summed E-state index contributed by atoms with van der Waals surface area (Å²) in [5.41, 5.74) is 3.80. The molecule has 0 aliphatic carbocycles. The molecule has 0 atom stereocenters. The summed E-state index contributed by atoms with van der Waals surface area (Å²) < 4.78 is 45.1. The first-order valence-corrected chi connectivity index (χ1v) is 9.11. The number of hydrogen-bond donors (Lipinski definition) is 2. The lowest BCUT2D eigenvalue weighted by Crippen LogP contribution is -2.01. The molecule has 1 aromatic heterocycles. The molecule has 0 unspecified atom stereocenters. The zero-order valence-corrected chi connectivity index (χ0v) is 14.0. The van der Waals surface area contributed by atoms with Crippen LogP contribution in [0.25, 0.3) is 10.9 Å². The van der Waals surface area contributed by atoms with Crippen LogP contribution in [-0.4, -0.2) is 18.0 Å². The van der Waals surface area contributed by atoms with Crippen LogP contribution in [0.1, 0.15) is 23.1 Å². The first-order valence-electron chi connectivity index (χ1n) is 7.67. The predicted octanol–water partition coefficient (Wildman–Crippen LogP) is 4.04. The van der Waals surface area contributed by atoms with Crippen molar-refractivity contribution in [1.82, 2.24) is 4.98 Å². The van der Waals surface area contributed by atoms with Crippen LogP contribution < -0.4 is 0 Å². The van der Waals surface area contributed by atoms with Gasteiger partial charge in [0, 0.05) is 17.1 Å². The number of aromatic amines is 1. The Kier molecular flexibility index (Phi) is 4.43. The van der Waals surface area contributed by atoms with Crippen LogP contribution in [0.15, 0.2) is 47.5 Å². The minimum atomic E-state index is -4.19. The van der Waals surface area contributed by atoms with Gasteiger partial charge < -0.3 is 4.98 Å². The Balaban J connectivity index is 1.75. The third-order valence-corrected chi connectivity index (χ3v) is 5.09. The number of halogens is 1. The molecule has 0 fully saturated rings. The highest BCUT2D eigenvalue weighted by Crippen LogP contribution is 2.22. The van der Waals surface area contributed by atoms with E-state index in [0.717, 1.165) is 40.4 Å². The summed E-state index contributed by atoms with van der Waals surface area (Å²) in [4.78, 5) is 3.04. The standard InChI is InChI=1S/C18H18FNO3S/c1-12-5-7-16(24(21,22)23)9-13(12)3-2-4-14-11-20-18-8-6-15(19)10-17(14)18/h5-11,20H,2-4H2,1H3,(H,21,22,23). The van der Waals surface area contributed by atoms with Crippen LogP contribution in [0.5, 0.6) is 0 Å². The van der Waals surface area contributed by atoms with Gasteiger partial charge in [0.25, 0.3) is 10.1 Å². The molecule has 126 valence electrons. The van der Waals surface area contributed by atoms with E-state index in [4.69, 9.17) is 4.55 Å². The number of benzene rings is 2. The van der Waals surface area contributed by atoms with Crippen molar-refractivity contribution in [2.75, 3.05) is 0 Å². The number of hydrogen-bond acceptors (Lipinski definition) is 2. The maximum Gasteiger partial charge on any atom is 0.294 e. The lowest BCUT2D eigenvalue weighted by molar-refractivity contribution is 0.483. The van der Waals surface area contributed by atoms with E-state index >= 15 is 0 Å². The molecule has 6 heteroatoms. The number of fused-ring (bicyclic) bond motifs is 1. The lowest BCUT2D eigenvalue weighted by atomic mass is 10.0. The van der Waals surface area contributed by atoms with Gasteiger partial charge in [-0.05, 0) is 73.2 Å². The Bertz CT molecular complexity index is 993. The second kappa shape index (κ2) is 6.37.